The number of hydrogen-bond acceptors (Lipinski definition) is 6. The number of benzene rings is 2. The molecule has 4 aromatic rings. The van der Waals surface area contributed by atoms with E-state index in [2.05, 4.69) is 20.9 Å². The standard InChI is InChI=1S/C27H24FN5O3S/c1-15-12-21(36-17-7-3-2-4-8-17)18(28)13-20(15)33-19-9-11-30-26-22(19)23(32-27(33)35)24(37-26)25(34)31-16-6-5-10-29-14-16/h2-4,7-9,11-13,16,29H,5-6,10,14H2,1H3,(H,31,34)(H,32,35)/t16-/m1/s1. The molecule has 0 radical (unpaired) electrons. The summed E-state index contributed by atoms with van der Waals surface area (Å²) in [6.45, 7) is 3.45. The first-order chi connectivity index (χ1) is 18.0. The fraction of sp³-hybridized carbons (Fsp3) is 0.222. The molecule has 4 heterocycles. The van der Waals surface area contributed by atoms with Gasteiger partial charge in [-0.05, 0) is 56.1 Å². The molecule has 1 saturated heterocycles. The molecule has 10 heteroatoms. The van der Waals surface area contributed by atoms with E-state index in [1.165, 1.54) is 22.3 Å². The monoisotopic (exact) mass is 517 g/mol. The van der Waals surface area contributed by atoms with Crippen molar-refractivity contribution in [2.24, 2.45) is 0 Å². The molecular formula is C27H24FN5O3S. The highest BCUT2D eigenvalue weighted by Crippen LogP contribution is 2.46. The third kappa shape index (κ3) is 4.28. The number of aromatic nitrogens is 1. The highest BCUT2D eigenvalue weighted by Gasteiger charge is 2.34. The van der Waals surface area contributed by atoms with Gasteiger partial charge in [0.25, 0.3) is 5.91 Å². The molecule has 0 unspecified atom stereocenters. The van der Waals surface area contributed by atoms with Crippen LogP contribution < -0.4 is 25.6 Å². The van der Waals surface area contributed by atoms with Crippen LogP contribution in [0.2, 0.25) is 0 Å². The van der Waals surface area contributed by atoms with Gasteiger partial charge >= 0.3 is 6.03 Å². The zero-order valence-electron chi connectivity index (χ0n) is 20.0. The van der Waals surface area contributed by atoms with Gasteiger partial charge in [-0.1, -0.05) is 18.2 Å². The Balaban J connectivity index is 1.37. The second-order valence-corrected chi connectivity index (χ2v) is 10.1. The molecule has 2 aromatic heterocycles. The van der Waals surface area contributed by atoms with Gasteiger partial charge < -0.3 is 20.7 Å². The van der Waals surface area contributed by atoms with Crippen LogP contribution in [-0.2, 0) is 0 Å². The molecule has 0 saturated carbocycles. The fourth-order valence-corrected chi connectivity index (χ4v) is 5.81. The summed E-state index contributed by atoms with van der Waals surface area (Å²) in [5, 5.41) is 9.88. The number of anilines is 3. The summed E-state index contributed by atoms with van der Waals surface area (Å²) in [5.74, 6) is -0.258. The summed E-state index contributed by atoms with van der Waals surface area (Å²) < 4.78 is 20.9. The van der Waals surface area contributed by atoms with Gasteiger partial charge in [0.2, 0.25) is 0 Å². The van der Waals surface area contributed by atoms with E-state index in [1.54, 1.807) is 49.5 Å². The Kier molecular flexibility index (Phi) is 5.97. The highest BCUT2D eigenvalue weighted by atomic mass is 32.1. The minimum absolute atomic E-state index is 0.0316. The summed E-state index contributed by atoms with van der Waals surface area (Å²) in [6, 6.07) is 13.1. The first-order valence-corrected chi connectivity index (χ1v) is 12.9. The number of aryl methyl sites for hydroxylation is 1. The number of carbonyl (C=O) groups is 2. The molecule has 3 amide bonds. The second-order valence-electron chi connectivity index (χ2n) is 9.08. The lowest BCUT2D eigenvalue weighted by atomic mass is 10.1. The van der Waals surface area contributed by atoms with E-state index in [4.69, 9.17) is 4.74 Å². The minimum atomic E-state index is -0.597. The van der Waals surface area contributed by atoms with Crippen molar-refractivity contribution in [1.82, 2.24) is 15.6 Å². The number of amides is 3. The molecule has 0 aliphatic carbocycles. The molecule has 188 valence electrons. The number of nitrogens with zero attached hydrogens (tertiary/aromatic N) is 2. The van der Waals surface area contributed by atoms with Crippen LogP contribution in [0.25, 0.3) is 10.2 Å². The summed E-state index contributed by atoms with van der Waals surface area (Å²) in [4.78, 5) is 33.4. The van der Waals surface area contributed by atoms with E-state index in [0.717, 1.165) is 19.4 Å². The Morgan fingerprint density at radius 3 is 2.84 bits per heavy atom. The number of pyridine rings is 1. The maximum atomic E-state index is 15.2. The van der Waals surface area contributed by atoms with Crippen LogP contribution in [0.15, 0.2) is 54.7 Å². The molecule has 37 heavy (non-hydrogen) atoms. The number of rotatable bonds is 5. The van der Waals surface area contributed by atoms with Gasteiger partial charge in [0, 0.05) is 24.8 Å². The molecule has 3 N–H and O–H groups in total. The number of piperidine rings is 1. The van der Waals surface area contributed by atoms with E-state index in [9.17, 15) is 9.59 Å². The average molecular weight is 518 g/mol. The van der Waals surface area contributed by atoms with Gasteiger partial charge in [-0.2, -0.15) is 0 Å². The van der Waals surface area contributed by atoms with Gasteiger partial charge in [0.05, 0.1) is 22.4 Å². The van der Waals surface area contributed by atoms with Crippen LogP contribution in [0.5, 0.6) is 11.5 Å². The SMILES string of the molecule is Cc1cc(Oc2ccccc2)c(F)cc1N1C(=O)Nc2c(C(=O)N[C@@H]3CCCNC3)sc3nccc1c23. The Bertz CT molecular complexity index is 1520. The van der Waals surface area contributed by atoms with Gasteiger partial charge in [-0.15, -0.1) is 11.3 Å². The zero-order chi connectivity index (χ0) is 25.5. The van der Waals surface area contributed by atoms with E-state index >= 15 is 4.39 Å². The lowest BCUT2D eigenvalue weighted by Gasteiger charge is -2.30. The first kappa shape index (κ1) is 23.4. The summed E-state index contributed by atoms with van der Waals surface area (Å²) in [5.41, 5.74) is 2.00. The normalized spacial score (nSPS) is 17.0. The van der Waals surface area contributed by atoms with Gasteiger partial charge in [-0.3, -0.25) is 9.69 Å². The van der Waals surface area contributed by atoms with Crippen molar-refractivity contribution >= 4 is 50.6 Å². The average Bonchev–Trinajstić information content (AvgIpc) is 3.27. The minimum Gasteiger partial charge on any atom is -0.454 e. The Morgan fingerprint density at radius 1 is 1.22 bits per heavy atom. The predicted octanol–water partition coefficient (Wildman–Crippen LogP) is 5.70. The topological polar surface area (TPSA) is 95.6 Å². The maximum Gasteiger partial charge on any atom is 0.331 e. The number of ether oxygens (including phenoxy) is 1. The molecule has 0 bridgehead atoms. The maximum absolute atomic E-state index is 15.2. The van der Waals surface area contributed by atoms with Crippen LogP contribution in [0, 0.1) is 12.7 Å². The van der Waals surface area contributed by atoms with E-state index in [1.807, 2.05) is 6.07 Å². The lowest BCUT2D eigenvalue weighted by Crippen LogP contribution is -2.45. The third-order valence-corrected chi connectivity index (χ3v) is 7.64. The number of thiophene rings is 1. The lowest BCUT2D eigenvalue weighted by molar-refractivity contribution is 0.0935. The second kappa shape index (κ2) is 9.45. The molecule has 1 atom stereocenters. The van der Waals surface area contributed by atoms with E-state index < -0.39 is 11.8 Å². The number of carbonyl (C=O) groups excluding carboxylic acids is 2. The molecule has 1 fully saturated rings. The van der Waals surface area contributed by atoms with Crippen LogP contribution in [0.3, 0.4) is 0 Å². The summed E-state index contributed by atoms with van der Waals surface area (Å²) in [7, 11) is 0. The van der Waals surface area contributed by atoms with Crippen molar-refractivity contribution in [3.63, 3.8) is 0 Å². The number of nitrogens with one attached hydrogen (secondary N) is 3. The molecule has 2 aliphatic rings. The van der Waals surface area contributed by atoms with Crippen molar-refractivity contribution in [3.8, 4) is 11.5 Å². The van der Waals surface area contributed by atoms with Crippen molar-refractivity contribution in [2.45, 2.75) is 25.8 Å². The molecular weight excluding hydrogens is 493 g/mol. The highest BCUT2D eigenvalue weighted by molar-refractivity contribution is 7.21. The third-order valence-electron chi connectivity index (χ3n) is 6.55. The molecule has 6 rings (SSSR count). The van der Waals surface area contributed by atoms with E-state index in [-0.39, 0.29) is 17.7 Å². The molecule has 2 aromatic carbocycles. The fourth-order valence-electron chi connectivity index (χ4n) is 4.79. The number of hydrogen-bond donors (Lipinski definition) is 3. The van der Waals surface area contributed by atoms with Crippen molar-refractivity contribution in [1.29, 1.82) is 0 Å². The van der Waals surface area contributed by atoms with Gasteiger partial charge in [-0.25, -0.2) is 14.2 Å². The van der Waals surface area contributed by atoms with Gasteiger partial charge in [0.15, 0.2) is 11.6 Å². The van der Waals surface area contributed by atoms with Crippen molar-refractivity contribution in [2.75, 3.05) is 23.3 Å². The predicted molar refractivity (Wildman–Crippen MR) is 142 cm³/mol. The molecule has 8 nitrogen and oxygen atoms in total. The van der Waals surface area contributed by atoms with Crippen LogP contribution in [0.1, 0.15) is 28.1 Å². The van der Waals surface area contributed by atoms with Crippen LogP contribution in [0.4, 0.5) is 26.2 Å². The molecule has 2 aliphatic heterocycles. The van der Waals surface area contributed by atoms with Crippen molar-refractivity contribution in [3.05, 3.63) is 71.0 Å². The zero-order valence-corrected chi connectivity index (χ0v) is 20.8. The quantitative estimate of drug-likeness (QED) is 0.316. The Hall–Kier alpha value is -4.02. The van der Waals surface area contributed by atoms with E-state index in [0.29, 0.717) is 50.0 Å². The number of para-hydroxylation sites is 1. The van der Waals surface area contributed by atoms with Crippen molar-refractivity contribution < 1.29 is 18.7 Å². The summed E-state index contributed by atoms with van der Waals surface area (Å²) in [6.07, 6.45) is 3.49. The number of halogens is 1. The largest absolute Gasteiger partial charge is 0.454 e. The smallest absolute Gasteiger partial charge is 0.331 e. The number of urea groups is 1. The summed E-state index contributed by atoms with van der Waals surface area (Å²) >= 11 is 1.23. The van der Waals surface area contributed by atoms with Gasteiger partial charge in [0.1, 0.15) is 15.5 Å². The Labute approximate surface area is 216 Å². The first-order valence-electron chi connectivity index (χ1n) is 12.1. The molecule has 0 spiro atoms. The van der Waals surface area contributed by atoms with Crippen LogP contribution >= 0.6 is 11.3 Å². The van der Waals surface area contributed by atoms with Crippen LogP contribution in [-0.4, -0.2) is 36.1 Å². The Morgan fingerprint density at radius 2 is 2.05 bits per heavy atom.